The van der Waals surface area contributed by atoms with Crippen molar-refractivity contribution in [2.45, 2.75) is 39.0 Å². The first kappa shape index (κ1) is 17.0. The van der Waals surface area contributed by atoms with Gasteiger partial charge in [-0.05, 0) is 56.3 Å². The van der Waals surface area contributed by atoms with Crippen LogP contribution in [0.15, 0.2) is 24.3 Å². The van der Waals surface area contributed by atoms with Crippen LogP contribution in [0.3, 0.4) is 0 Å². The number of carbonyl (C=O) groups excluding carboxylic acids is 2. The van der Waals surface area contributed by atoms with Crippen LogP contribution in [-0.2, 0) is 9.59 Å². The van der Waals surface area contributed by atoms with Crippen molar-refractivity contribution in [2.24, 2.45) is 11.8 Å². The molecule has 2 aliphatic heterocycles. The maximum atomic E-state index is 12.5. The fourth-order valence-electron chi connectivity index (χ4n) is 3.74. The van der Waals surface area contributed by atoms with Crippen molar-refractivity contribution < 1.29 is 9.59 Å². The molecular weight excluding hydrogens is 302 g/mol. The molecule has 1 aromatic carbocycles. The number of hydrogen-bond donors (Lipinski definition) is 2. The molecular formula is C19H27N3O2. The number of nitrogens with zero attached hydrogens (tertiary/aromatic N) is 1. The van der Waals surface area contributed by atoms with Gasteiger partial charge in [0.1, 0.15) is 0 Å². The van der Waals surface area contributed by atoms with Crippen LogP contribution in [0.4, 0.5) is 11.4 Å². The highest BCUT2D eigenvalue weighted by Gasteiger charge is 2.25. The van der Waals surface area contributed by atoms with Crippen molar-refractivity contribution in [2.75, 3.05) is 29.9 Å². The number of hydrogen-bond acceptors (Lipinski definition) is 3. The third-order valence-corrected chi connectivity index (χ3v) is 5.19. The van der Waals surface area contributed by atoms with Crippen LogP contribution in [0.1, 0.15) is 39.0 Å². The van der Waals surface area contributed by atoms with E-state index in [0.29, 0.717) is 24.7 Å². The van der Waals surface area contributed by atoms with Crippen LogP contribution < -0.4 is 15.5 Å². The molecule has 5 heteroatoms. The number of piperidine rings is 1. The van der Waals surface area contributed by atoms with Crippen LogP contribution >= 0.6 is 0 Å². The lowest BCUT2D eigenvalue weighted by Crippen LogP contribution is -2.34. The Balaban J connectivity index is 1.63. The maximum Gasteiger partial charge on any atom is 0.227 e. The molecule has 0 unspecified atom stereocenters. The Morgan fingerprint density at radius 3 is 2.92 bits per heavy atom. The molecule has 0 radical (unpaired) electrons. The average molecular weight is 329 g/mol. The number of rotatable bonds is 5. The Morgan fingerprint density at radius 2 is 2.21 bits per heavy atom. The molecule has 0 aromatic heterocycles. The van der Waals surface area contributed by atoms with E-state index < -0.39 is 0 Å². The summed E-state index contributed by atoms with van der Waals surface area (Å²) < 4.78 is 0. The molecule has 2 N–H and O–H groups in total. The van der Waals surface area contributed by atoms with Gasteiger partial charge in [0, 0.05) is 19.4 Å². The molecule has 0 saturated carbocycles. The summed E-state index contributed by atoms with van der Waals surface area (Å²) in [7, 11) is 0. The summed E-state index contributed by atoms with van der Waals surface area (Å²) >= 11 is 0. The Labute approximate surface area is 143 Å². The van der Waals surface area contributed by atoms with Gasteiger partial charge in [-0.15, -0.1) is 0 Å². The van der Waals surface area contributed by atoms with E-state index in [1.807, 2.05) is 24.3 Å². The summed E-state index contributed by atoms with van der Waals surface area (Å²) in [5.74, 6) is 1.10. The summed E-state index contributed by atoms with van der Waals surface area (Å²) in [4.78, 5) is 26.3. The molecule has 2 saturated heterocycles. The van der Waals surface area contributed by atoms with Crippen LogP contribution in [0.5, 0.6) is 0 Å². The second kappa shape index (κ2) is 7.79. The lowest BCUT2D eigenvalue weighted by Gasteiger charge is -2.28. The van der Waals surface area contributed by atoms with Gasteiger partial charge in [-0.2, -0.15) is 0 Å². The highest BCUT2D eigenvalue weighted by Crippen LogP contribution is 2.30. The van der Waals surface area contributed by atoms with Crippen molar-refractivity contribution in [1.29, 1.82) is 0 Å². The standard InChI is InChI=1S/C19H27N3O2/c1-14(15-6-4-10-20-13-15)12-18(23)21-16-7-2-3-8-17(16)22-11-5-9-19(22)24/h2-3,7-8,14-15,20H,4-6,9-13H2,1H3,(H,21,23)/t14-,15+/m0/s1. The largest absolute Gasteiger partial charge is 0.324 e. The summed E-state index contributed by atoms with van der Waals surface area (Å²) in [5.41, 5.74) is 1.56. The molecule has 24 heavy (non-hydrogen) atoms. The van der Waals surface area contributed by atoms with Gasteiger partial charge in [0.25, 0.3) is 0 Å². The number of nitrogens with one attached hydrogen (secondary N) is 2. The Hall–Kier alpha value is -1.88. The topological polar surface area (TPSA) is 61.4 Å². The minimum absolute atomic E-state index is 0.0344. The zero-order valence-electron chi connectivity index (χ0n) is 14.4. The molecule has 1 aromatic rings. The molecule has 2 heterocycles. The molecule has 2 atom stereocenters. The van der Waals surface area contributed by atoms with Crippen LogP contribution in [-0.4, -0.2) is 31.4 Å². The van der Waals surface area contributed by atoms with E-state index in [9.17, 15) is 9.59 Å². The first-order valence-corrected chi connectivity index (χ1v) is 9.05. The highest BCUT2D eigenvalue weighted by molar-refractivity contribution is 6.02. The molecule has 3 rings (SSSR count). The summed E-state index contributed by atoms with van der Waals surface area (Å²) in [5, 5.41) is 6.44. The van der Waals surface area contributed by atoms with Crippen molar-refractivity contribution in [3.63, 3.8) is 0 Å². The second-order valence-electron chi connectivity index (χ2n) is 7.00. The molecule has 0 aliphatic carbocycles. The van der Waals surface area contributed by atoms with Gasteiger partial charge in [0.2, 0.25) is 11.8 Å². The Kier molecular flexibility index (Phi) is 5.51. The maximum absolute atomic E-state index is 12.5. The third kappa shape index (κ3) is 3.96. The van der Waals surface area contributed by atoms with E-state index in [0.717, 1.165) is 37.4 Å². The van der Waals surface area contributed by atoms with Crippen LogP contribution in [0.2, 0.25) is 0 Å². The van der Waals surface area contributed by atoms with E-state index in [1.54, 1.807) is 4.90 Å². The van der Waals surface area contributed by atoms with Gasteiger partial charge in [-0.1, -0.05) is 19.1 Å². The summed E-state index contributed by atoms with van der Waals surface area (Å²) in [6.45, 7) is 4.99. The third-order valence-electron chi connectivity index (χ3n) is 5.19. The zero-order valence-corrected chi connectivity index (χ0v) is 14.4. The van der Waals surface area contributed by atoms with Gasteiger partial charge < -0.3 is 15.5 Å². The van der Waals surface area contributed by atoms with Crippen molar-refractivity contribution >= 4 is 23.2 Å². The lowest BCUT2D eigenvalue weighted by molar-refractivity contribution is -0.118. The minimum atomic E-state index is 0.0344. The smallest absolute Gasteiger partial charge is 0.227 e. The van der Waals surface area contributed by atoms with E-state index in [2.05, 4.69) is 17.6 Å². The van der Waals surface area contributed by atoms with E-state index >= 15 is 0 Å². The first-order chi connectivity index (χ1) is 11.6. The van der Waals surface area contributed by atoms with Gasteiger partial charge in [0.05, 0.1) is 11.4 Å². The molecule has 5 nitrogen and oxygen atoms in total. The van der Waals surface area contributed by atoms with Crippen molar-refractivity contribution in [3.05, 3.63) is 24.3 Å². The first-order valence-electron chi connectivity index (χ1n) is 9.05. The van der Waals surface area contributed by atoms with Crippen LogP contribution in [0.25, 0.3) is 0 Å². The van der Waals surface area contributed by atoms with Gasteiger partial charge in [0.15, 0.2) is 0 Å². The van der Waals surface area contributed by atoms with Crippen molar-refractivity contribution in [1.82, 2.24) is 5.32 Å². The lowest BCUT2D eigenvalue weighted by atomic mass is 9.85. The molecule has 130 valence electrons. The highest BCUT2D eigenvalue weighted by atomic mass is 16.2. The quantitative estimate of drug-likeness (QED) is 0.873. The number of anilines is 2. The van der Waals surface area contributed by atoms with Crippen molar-refractivity contribution in [3.8, 4) is 0 Å². The number of amides is 2. The van der Waals surface area contributed by atoms with E-state index in [1.165, 1.54) is 12.8 Å². The molecule has 2 aliphatic rings. The minimum Gasteiger partial charge on any atom is -0.324 e. The fraction of sp³-hybridized carbons (Fsp3) is 0.579. The predicted octanol–water partition coefficient (Wildman–Crippen LogP) is 2.78. The molecule has 2 fully saturated rings. The predicted molar refractivity (Wildman–Crippen MR) is 96.0 cm³/mol. The SMILES string of the molecule is C[C@@H](CC(=O)Nc1ccccc1N1CCCC1=O)[C@@H]1CCCNC1. The number of para-hydroxylation sites is 2. The molecule has 0 bridgehead atoms. The Morgan fingerprint density at radius 1 is 1.38 bits per heavy atom. The second-order valence-corrected chi connectivity index (χ2v) is 7.00. The molecule has 2 amide bonds. The van der Waals surface area contributed by atoms with Gasteiger partial charge >= 0.3 is 0 Å². The van der Waals surface area contributed by atoms with Crippen LogP contribution in [0, 0.1) is 11.8 Å². The van der Waals surface area contributed by atoms with Gasteiger partial charge in [-0.3, -0.25) is 9.59 Å². The number of benzene rings is 1. The van der Waals surface area contributed by atoms with E-state index in [4.69, 9.17) is 0 Å². The van der Waals surface area contributed by atoms with E-state index in [-0.39, 0.29) is 11.8 Å². The number of carbonyl (C=O) groups is 2. The summed E-state index contributed by atoms with van der Waals surface area (Å²) in [6.07, 6.45) is 4.38. The zero-order chi connectivity index (χ0) is 16.9. The average Bonchev–Trinajstić information content (AvgIpc) is 3.02. The van der Waals surface area contributed by atoms with Gasteiger partial charge in [-0.25, -0.2) is 0 Å². The fourth-order valence-corrected chi connectivity index (χ4v) is 3.74. The Bertz CT molecular complexity index is 596. The summed E-state index contributed by atoms with van der Waals surface area (Å²) in [6, 6.07) is 7.60. The molecule has 0 spiro atoms. The normalized spacial score (nSPS) is 22.5. The monoisotopic (exact) mass is 329 g/mol.